The summed E-state index contributed by atoms with van der Waals surface area (Å²) in [5.74, 6) is -0.142. The van der Waals surface area contributed by atoms with E-state index >= 15 is 0 Å². The van der Waals surface area contributed by atoms with E-state index in [2.05, 4.69) is 11.9 Å². The SMILES string of the molecule is C=CCNC(=O)CN1CCN(C(=O)c2ccc(N)cc2Cl)CC1. The number of amides is 2. The fraction of sp³-hybridized carbons (Fsp3) is 0.375. The molecule has 6 nitrogen and oxygen atoms in total. The highest BCUT2D eigenvalue weighted by molar-refractivity contribution is 6.34. The fourth-order valence-corrected chi connectivity index (χ4v) is 2.70. The molecule has 23 heavy (non-hydrogen) atoms. The van der Waals surface area contributed by atoms with Crippen LogP contribution in [0.3, 0.4) is 0 Å². The van der Waals surface area contributed by atoms with Crippen molar-refractivity contribution < 1.29 is 9.59 Å². The van der Waals surface area contributed by atoms with E-state index < -0.39 is 0 Å². The topological polar surface area (TPSA) is 78.7 Å². The van der Waals surface area contributed by atoms with Gasteiger partial charge in [-0.3, -0.25) is 14.5 Å². The summed E-state index contributed by atoms with van der Waals surface area (Å²) in [5.41, 5.74) is 6.63. The van der Waals surface area contributed by atoms with Crippen LogP contribution < -0.4 is 11.1 Å². The summed E-state index contributed by atoms with van der Waals surface area (Å²) in [7, 11) is 0. The Hall–Kier alpha value is -2.05. The van der Waals surface area contributed by atoms with Crippen molar-refractivity contribution in [3.8, 4) is 0 Å². The van der Waals surface area contributed by atoms with Gasteiger partial charge in [-0.05, 0) is 18.2 Å². The van der Waals surface area contributed by atoms with Gasteiger partial charge < -0.3 is 16.0 Å². The van der Waals surface area contributed by atoms with E-state index in [-0.39, 0.29) is 11.8 Å². The lowest BCUT2D eigenvalue weighted by Gasteiger charge is -2.34. The minimum Gasteiger partial charge on any atom is -0.399 e. The number of anilines is 1. The Balaban J connectivity index is 1.87. The average molecular weight is 337 g/mol. The van der Waals surface area contributed by atoms with Gasteiger partial charge in [-0.15, -0.1) is 6.58 Å². The largest absolute Gasteiger partial charge is 0.399 e. The monoisotopic (exact) mass is 336 g/mol. The first-order valence-corrected chi connectivity index (χ1v) is 7.83. The Labute approximate surface area is 140 Å². The standard InChI is InChI=1S/C16H21ClN4O2/c1-2-5-19-15(22)11-20-6-8-21(9-7-20)16(23)13-4-3-12(18)10-14(13)17/h2-4,10H,1,5-9,11,18H2,(H,19,22). The normalized spacial score (nSPS) is 15.3. The lowest BCUT2D eigenvalue weighted by atomic mass is 10.1. The van der Waals surface area contributed by atoms with Crippen molar-refractivity contribution >= 4 is 29.1 Å². The maximum Gasteiger partial charge on any atom is 0.255 e. The van der Waals surface area contributed by atoms with Gasteiger partial charge in [-0.25, -0.2) is 0 Å². The van der Waals surface area contributed by atoms with Gasteiger partial charge in [0.1, 0.15) is 0 Å². The summed E-state index contributed by atoms with van der Waals surface area (Å²) in [6, 6.07) is 4.89. The maximum atomic E-state index is 12.5. The van der Waals surface area contributed by atoms with Gasteiger partial charge in [0.05, 0.1) is 17.1 Å². The Morgan fingerprint density at radius 2 is 2.00 bits per heavy atom. The summed E-state index contributed by atoms with van der Waals surface area (Å²) in [6.45, 7) is 6.79. The van der Waals surface area contributed by atoms with Crippen LogP contribution in [0.25, 0.3) is 0 Å². The third-order valence-corrected chi connectivity index (χ3v) is 4.01. The predicted octanol–water partition coefficient (Wildman–Crippen LogP) is 0.982. The van der Waals surface area contributed by atoms with E-state index in [1.165, 1.54) is 0 Å². The highest BCUT2D eigenvalue weighted by atomic mass is 35.5. The fourth-order valence-electron chi connectivity index (χ4n) is 2.43. The Morgan fingerprint density at radius 1 is 1.30 bits per heavy atom. The van der Waals surface area contributed by atoms with Crippen LogP contribution in [0.2, 0.25) is 5.02 Å². The minimum atomic E-state index is -0.106. The highest BCUT2D eigenvalue weighted by Crippen LogP contribution is 2.21. The molecule has 0 atom stereocenters. The number of nitrogens with one attached hydrogen (secondary N) is 1. The summed E-state index contributed by atoms with van der Waals surface area (Å²) in [4.78, 5) is 27.9. The third kappa shape index (κ3) is 4.71. The second-order valence-electron chi connectivity index (χ2n) is 5.40. The zero-order valence-electron chi connectivity index (χ0n) is 12.9. The number of rotatable bonds is 5. The molecular weight excluding hydrogens is 316 g/mol. The molecule has 2 amide bonds. The van der Waals surface area contributed by atoms with Crippen molar-refractivity contribution in [2.45, 2.75) is 0 Å². The van der Waals surface area contributed by atoms with E-state index in [0.29, 0.717) is 55.5 Å². The molecule has 0 aliphatic carbocycles. The molecule has 1 saturated heterocycles. The molecule has 2 rings (SSSR count). The number of nitrogen functional groups attached to an aromatic ring is 1. The molecule has 1 fully saturated rings. The molecule has 0 saturated carbocycles. The number of hydrogen-bond donors (Lipinski definition) is 2. The molecule has 1 heterocycles. The molecule has 1 aromatic rings. The van der Waals surface area contributed by atoms with Crippen LogP contribution in [0.5, 0.6) is 0 Å². The Kier molecular flexibility index (Phi) is 6.01. The number of piperazine rings is 1. The van der Waals surface area contributed by atoms with E-state index in [1.54, 1.807) is 29.2 Å². The van der Waals surface area contributed by atoms with Crippen molar-refractivity contribution in [1.29, 1.82) is 0 Å². The van der Waals surface area contributed by atoms with Crippen LogP contribution in [0.4, 0.5) is 5.69 Å². The smallest absolute Gasteiger partial charge is 0.255 e. The van der Waals surface area contributed by atoms with Crippen molar-refractivity contribution in [1.82, 2.24) is 15.1 Å². The van der Waals surface area contributed by atoms with E-state index in [9.17, 15) is 9.59 Å². The minimum absolute atomic E-state index is 0.0359. The van der Waals surface area contributed by atoms with Gasteiger partial charge in [0.2, 0.25) is 5.91 Å². The first kappa shape index (κ1) is 17.3. The first-order valence-electron chi connectivity index (χ1n) is 7.45. The number of carbonyl (C=O) groups is 2. The van der Waals surface area contributed by atoms with Gasteiger partial charge in [0.15, 0.2) is 0 Å². The second kappa shape index (κ2) is 7.99. The molecule has 0 radical (unpaired) electrons. The number of halogens is 1. The lowest BCUT2D eigenvalue weighted by Crippen LogP contribution is -2.51. The average Bonchev–Trinajstić information content (AvgIpc) is 2.53. The van der Waals surface area contributed by atoms with Crippen LogP contribution in [0.15, 0.2) is 30.9 Å². The first-order chi connectivity index (χ1) is 11.0. The second-order valence-corrected chi connectivity index (χ2v) is 5.81. The highest BCUT2D eigenvalue weighted by Gasteiger charge is 2.24. The van der Waals surface area contributed by atoms with E-state index in [0.717, 1.165) is 0 Å². The van der Waals surface area contributed by atoms with Gasteiger partial charge in [-0.1, -0.05) is 17.7 Å². The summed E-state index contributed by atoms with van der Waals surface area (Å²) in [5, 5.41) is 3.11. The van der Waals surface area contributed by atoms with Crippen molar-refractivity contribution in [3.05, 3.63) is 41.4 Å². The number of nitrogens with two attached hydrogens (primary N) is 1. The van der Waals surface area contributed by atoms with Gasteiger partial charge in [-0.2, -0.15) is 0 Å². The summed E-state index contributed by atoms with van der Waals surface area (Å²) in [6.07, 6.45) is 1.64. The quantitative estimate of drug-likeness (QED) is 0.620. The molecule has 124 valence electrons. The van der Waals surface area contributed by atoms with Crippen LogP contribution in [-0.4, -0.2) is 60.9 Å². The number of carbonyl (C=O) groups excluding carboxylic acids is 2. The van der Waals surface area contributed by atoms with Crippen molar-refractivity contribution in [2.75, 3.05) is 45.0 Å². The number of nitrogens with zero attached hydrogens (tertiary/aromatic N) is 2. The Morgan fingerprint density at radius 3 is 2.61 bits per heavy atom. The molecule has 3 N–H and O–H groups in total. The maximum absolute atomic E-state index is 12.5. The lowest BCUT2D eigenvalue weighted by molar-refractivity contribution is -0.122. The van der Waals surface area contributed by atoms with Gasteiger partial charge in [0, 0.05) is 38.4 Å². The van der Waals surface area contributed by atoms with E-state index in [4.69, 9.17) is 17.3 Å². The zero-order valence-corrected chi connectivity index (χ0v) is 13.7. The molecule has 0 bridgehead atoms. The van der Waals surface area contributed by atoms with E-state index in [1.807, 2.05) is 4.90 Å². The molecule has 1 aliphatic rings. The molecule has 1 aromatic carbocycles. The Bertz CT molecular complexity index is 598. The summed E-state index contributed by atoms with van der Waals surface area (Å²) >= 11 is 6.09. The van der Waals surface area contributed by atoms with Crippen molar-refractivity contribution in [3.63, 3.8) is 0 Å². The van der Waals surface area contributed by atoms with Crippen LogP contribution in [0.1, 0.15) is 10.4 Å². The van der Waals surface area contributed by atoms with Crippen LogP contribution in [0, 0.1) is 0 Å². The number of hydrogen-bond acceptors (Lipinski definition) is 4. The van der Waals surface area contributed by atoms with Crippen LogP contribution in [-0.2, 0) is 4.79 Å². The molecule has 7 heteroatoms. The van der Waals surface area contributed by atoms with Crippen molar-refractivity contribution in [2.24, 2.45) is 0 Å². The molecule has 0 unspecified atom stereocenters. The number of benzene rings is 1. The summed E-state index contributed by atoms with van der Waals surface area (Å²) < 4.78 is 0. The molecular formula is C16H21ClN4O2. The molecule has 0 spiro atoms. The predicted molar refractivity (Wildman–Crippen MR) is 91.4 cm³/mol. The van der Waals surface area contributed by atoms with Crippen LogP contribution >= 0.6 is 11.6 Å². The third-order valence-electron chi connectivity index (χ3n) is 3.69. The molecule has 0 aromatic heterocycles. The zero-order chi connectivity index (χ0) is 16.8. The van der Waals surface area contributed by atoms with Gasteiger partial charge >= 0.3 is 0 Å². The molecule has 1 aliphatic heterocycles. The van der Waals surface area contributed by atoms with Gasteiger partial charge in [0.25, 0.3) is 5.91 Å².